The van der Waals surface area contributed by atoms with Gasteiger partial charge in [-0.05, 0) is 12.1 Å². The molecule has 0 fully saturated rings. The fraction of sp³-hybridized carbons (Fsp3) is 0.467. The maximum Gasteiger partial charge on any atom is 0.292 e. The van der Waals surface area contributed by atoms with E-state index in [0.717, 1.165) is 6.04 Å². The van der Waals surface area contributed by atoms with E-state index in [0.29, 0.717) is 24.6 Å². The molecule has 1 aromatic rings. The van der Waals surface area contributed by atoms with Crippen LogP contribution >= 0.6 is 0 Å². The summed E-state index contributed by atoms with van der Waals surface area (Å²) in [6, 6.07) is 5.66. The van der Waals surface area contributed by atoms with Crippen molar-refractivity contribution in [2.24, 2.45) is 0 Å². The molecule has 0 aliphatic carbocycles. The van der Waals surface area contributed by atoms with Gasteiger partial charge in [-0.25, -0.2) is 0 Å². The van der Waals surface area contributed by atoms with Crippen molar-refractivity contribution in [2.75, 3.05) is 25.3 Å². The predicted octanol–water partition coefficient (Wildman–Crippen LogP) is 3.88. The Balaban J connectivity index is 2.56. The van der Waals surface area contributed by atoms with E-state index in [1.165, 1.54) is 6.07 Å². The molecule has 0 aliphatic rings. The van der Waals surface area contributed by atoms with Gasteiger partial charge in [0, 0.05) is 33.4 Å². The van der Waals surface area contributed by atoms with Crippen molar-refractivity contribution >= 4 is 19.4 Å². The van der Waals surface area contributed by atoms with Crippen molar-refractivity contribution in [1.82, 2.24) is 0 Å². The molecule has 0 atom stereocenters. The SMILES string of the molecule is C=CCNc1cc(OCOCC[Si](C)(C)C)ccc1[N+](=O)[O-]. The van der Waals surface area contributed by atoms with Gasteiger partial charge in [0.05, 0.1) is 4.92 Å². The van der Waals surface area contributed by atoms with E-state index in [1.807, 2.05) is 0 Å². The van der Waals surface area contributed by atoms with Crippen LogP contribution < -0.4 is 10.1 Å². The van der Waals surface area contributed by atoms with Gasteiger partial charge in [0.2, 0.25) is 0 Å². The van der Waals surface area contributed by atoms with Crippen molar-refractivity contribution in [1.29, 1.82) is 0 Å². The van der Waals surface area contributed by atoms with Crippen LogP contribution in [0.15, 0.2) is 30.9 Å². The number of benzene rings is 1. The van der Waals surface area contributed by atoms with E-state index < -0.39 is 13.0 Å². The molecule has 1 aromatic carbocycles. The van der Waals surface area contributed by atoms with Gasteiger partial charge in [-0.1, -0.05) is 25.7 Å². The van der Waals surface area contributed by atoms with Crippen LogP contribution in [0.3, 0.4) is 0 Å². The lowest BCUT2D eigenvalue weighted by molar-refractivity contribution is -0.384. The summed E-state index contributed by atoms with van der Waals surface area (Å²) in [5, 5.41) is 13.9. The summed E-state index contributed by atoms with van der Waals surface area (Å²) >= 11 is 0. The maximum absolute atomic E-state index is 11.0. The van der Waals surface area contributed by atoms with Crippen LogP contribution in [0.25, 0.3) is 0 Å². The lowest BCUT2D eigenvalue weighted by Gasteiger charge is -2.15. The Labute approximate surface area is 132 Å². The average Bonchev–Trinajstić information content (AvgIpc) is 2.43. The summed E-state index contributed by atoms with van der Waals surface area (Å²) in [5.74, 6) is 0.533. The van der Waals surface area contributed by atoms with Crippen molar-refractivity contribution < 1.29 is 14.4 Å². The second-order valence-corrected chi connectivity index (χ2v) is 11.7. The van der Waals surface area contributed by atoms with E-state index in [2.05, 4.69) is 31.5 Å². The number of nitrogens with one attached hydrogen (secondary N) is 1. The Morgan fingerprint density at radius 2 is 2.14 bits per heavy atom. The second kappa shape index (κ2) is 8.55. The molecule has 0 radical (unpaired) electrons. The molecule has 0 saturated carbocycles. The quantitative estimate of drug-likeness (QED) is 0.176. The highest BCUT2D eigenvalue weighted by molar-refractivity contribution is 6.76. The van der Waals surface area contributed by atoms with Crippen LogP contribution in [0.1, 0.15) is 0 Å². The minimum absolute atomic E-state index is 0.00820. The molecule has 0 unspecified atom stereocenters. The molecule has 0 spiro atoms. The molecule has 1 N–H and O–H groups in total. The number of hydrogen-bond donors (Lipinski definition) is 1. The minimum Gasteiger partial charge on any atom is -0.467 e. The molecule has 0 saturated heterocycles. The van der Waals surface area contributed by atoms with Gasteiger partial charge in [-0.3, -0.25) is 10.1 Å². The minimum atomic E-state index is -1.11. The van der Waals surface area contributed by atoms with Gasteiger partial charge in [0.25, 0.3) is 5.69 Å². The molecule has 0 heterocycles. The zero-order chi connectivity index (χ0) is 16.6. The van der Waals surface area contributed by atoms with E-state index in [-0.39, 0.29) is 12.5 Å². The van der Waals surface area contributed by atoms with Gasteiger partial charge >= 0.3 is 0 Å². The highest BCUT2D eigenvalue weighted by Gasteiger charge is 2.14. The van der Waals surface area contributed by atoms with Gasteiger partial charge in [-0.2, -0.15) is 0 Å². The topological polar surface area (TPSA) is 73.6 Å². The number of rotatable bonds is 10. The van der Waals surface area contributed by atoms with Crippen LogP contribution in [0.5, 0.6) is 5.75 Å². The van der Waals surface area contributed by atoms with Crippen LogP contribution in [-0.4, -0.2) is 32.9 Å². The van der Waals surface area contributed by atoms with Crippen LogP contribution in [0.4, 0.5) is 11.4 Å². The molecule has 1 rings (SSSR count). The van der Waals surface area contributed by atoms with Crippen molar-refractivity contribution in [3.05, 3.63) is 41.0 Å². The first kappa shape index (κ1) is 18.2. The molecule has 22 heavy (non-hydrogen) atoms. The maximum atomic E-state index is 11.0. The fourth-order valence-electron chi connectivity index (χ4n) is 1.63. The molecule has 0 aromatic heterocycles. The second-order valence-electron chi connectivity index (χ2n) is 6.09. The predicted molar refractivity (Wildman–Crippen MR) is 91.4 cm³/mol. The van der Waals surface area contributed by atoms with E-state index in [1.54, 1.807) is 18.2 Å². The zero-order valence-electron chi connectivity index (χ0n) is 13.4. The number of nitro benzene ring substituents is 1. The van der Waals surface area contributed by atoms with Gasteiger partial charge in [0.1, 0.15) is 11.4 Å². The Kier molecular flexibility index (Phi) is 7.07. The lowest BCUT2D eigenvalue weighted by atomic mass is 10.2. The van der Waals surface area contributed by atoms with Crippen molar-refractivity contribution in [3.8, 4) is 5.75 Å². The van der Waals surface area contributed by atoms with Gasteiger partial charge < -0.3 is 14.8 Å². The third-order valence-corrected chi connectivity index (χ3v) is 4.61. The molecule has 7 heteroatoms. The fourth-order valence-corrected chi connectivity index (χ4v) is 2.39. The highest BCUT2D eigenvalue weighted by Crippen LogP contribution is 2.28. The van der Waals surface area contributed by atoms with E-state index in [9.17, 15) is 10.1 Å². The lowest BCUT2D eigenvalue weighted by Crippen LogP contribution is -2.22. The summed E-state index contributed by atoms with van der Waals surface area (Å²) in [6.45, 7) is 11.7. The number of anilines is 1. The third-order valence-electron chi connectivity index (χ3n) is 2.91. The Bertz CT molecular complexity index is 515. The van der Waals surface area contributed by atoms with Crippen LogP contribution in [0.2, 0.25) is 25.7 Å². The smallest absolute Gasteiger partial charge is 0.292 e. The first-order valence-corrected chi connectivity index (χ1v) is 10.9. The summed E-state index contributed by atoms with van der Waals surface area (Å²) in [6.07, 6.45) is 1.64. The Morgan fingerprint density at radius 3 is 2.73 bits per heavy atom. The largest absolute Gasteiger partial charge is 0.467 e. The van der Waals surface area contributed by atoms with Gasteiger partial charge in [-0.15, -0.1) is 6.58 Å². The van der Waals surface area contributed by atoms with E-state index >= 15 is 0 Å². The van der Waals surface area contributed by atoms with Crippen LogP contribution in [-0.2, 0) is 4.74 Å². The van der Waals surface area contributed by atoms with E-state index in [4.69, 9.17) is 9.47 Å². The summed E-state index contributed by atoms with van der Waals surface area (Å²) in [7, 11) is -1.11. The number of ether oxygens (including phenoxy) is 2. The van der Waals surface area contributed by atoms with Crippen LogP contribution in [0, 0.1) is 10.1 Å². The number of hydrogen-bond acceptors (Lipinski definition) is 5. The van der Waals surface area contributed by atoms with Gasteiger partial charge in [0.15, 0.2) is 6.79 Å². The zero-order valence-corrected chi connectivity index (χ0v) is 14.4. The van der Waals surface area contributed by atoms with Crippen molar-refractivity contribution in [3.63, 3.8) is 0 Å². The Hall–Kier alpha value is -1.86. The average molecular weight is 324 g/mol. The summed E-state index contributed by atoms with van der Waals surface area (Å²) in [5.41, 5.74) is 0.415. The van der Waals surface area contributed by atoms with Crippen molar-refractivity contribution in [2.45, 2.75) is 25.7 Å². The number of nitrogens with zero attached hydrogens (tertiary/aromatic N) is 1. The molecular weight excluding hydrogens is 300 g/mol. The number of nitro groups is 1. The molecule has 6 nitrogen and oxygen atoms in total. The molecule has 0 amide bonds. The monoisotopic (exact) mass is 324 g/mol. The molecule has 0 bridgehead atoms. The summed E-state index contributed by atoms with van der Waals surface area (Å²) in [4.78, 5) is 10.5. The first-order chi connectivity index (χ1) is 10.3. The molecule has 122 valence electrons. The Morgan fingerprint density at radius 1 is 1.41 bits per heavy atom. The third kappa shape index (κ3) is 6.73. The molecular formula is C15H24N2O4Si. The summed E-state index contributed by atoms with van der Waals surface area (Å²) < 4.78 is 10.9. The first-order valence-electron chi connectivity index (χ1n) is 7.17. The highest BCUT2D eigenvalue weighted by atomic mass is 28.3. The molecule has 0 aliphatic heterocycles. The standard InChI is InChI=1S/C15H24N2O4Si/c1-5-8-16-14-11-13(6-7-15(14)17(18)19)21-12-20-9-10-22(2,3)4/h5-7,11,16H,1,8-10,12H2,2-4H3. The normalized spacial score (nSPS) is 11.0.